The normalized spacial score (nSPS) is 15.7. The molecule has 32 heavy (non-hydrogen) atoms. The molecule has 0 fully saturated rings. The van der Waals surface area contributed by atoms with Crippen molar-refractivity contribution >= 4 is 22.7 Å². The molecule has 0 spiro atoms. The Morgan fingerprint density at radius 1 is 1.25 bits per heavy atom. The molecule has 1 aliphatic rings. The molecule has 0 bridgehead atoms. The molecule has 3 N–H and O–H groups in total. The summed E-state index contributed by atoms with van der Waals surface area (Å²) in [6.45, 7) is 6.20. The van der Waals surface area contributed by atoms with Gasteiger partial charge in [-0.25, -0.2) is 0 Å². The summed E-state index contributed by atoms with van der Waals surface area (Å²) in [5, 5.41) is 6.79. The van der Waals surface area contributed by atoms with Crippen LogP contribution in [0.15, 0.2) is 42.6 Å². The predicted octanol–water partition coefficient (Wildman–Crippen LogP) is 3.25. The number of H-pyrrole nitrogens is 1. The van der Waals surface area contributed by atoms with E-state index in [1.54, 1.807) is 0 Å². The number of fused-ring (bicyclic) bond motifs is 2. The lowest BCUT2D eigenvalue weighted by Gasteiger charge is -2.19. The number of hydrogen-bond donors (Lipinski definition) is 3. The summed E-state index contributed by atoms with van der Waals surface area (Å²) in [5.74, 6) is 1.09. The van der Waals surface area contributed by atoms with Crippen LogP contribution in [-0.4, -0.2) is 35.6 Å². The highest BCUT2D eigenvalue weighted by Gasteiger charge is 2.24. The summed E-state index contributed by atoms with van der Waals surface area (Å²) in [5.41, 5.74) is 3.94. The van der Waals surface area contributed by atoms with E-state index in [1.165, 1.54) is 6.92 Å². The summed E-state index contributed by atoms with van der Waals surface area (Å²) in [6, 6.07) is 11.2. The van der Waals surface area contributed by atoms with E-state index in [2.05, 4.69) is 15.6 Å². The lowest BCUT2D eigenvalue weighted by atomic mass is 10.0. The smallest absolute Gasteiger partial charge is 0.243 e. The number of aromatic amines is 1. The largest absolute Gasteiger partial charge is 0.494 e. The second-order valence-electron chi connectivity index (χ2n) is 8.17. The molecular formula is C25H29N3O4. The van der Waals surface area contributed by atoms with Gasteiger partial charge in [0.15, 0.2) is 0 Å². The van der Waals surface area contributed by atoms with Gasteiger partial charge in [-0.2, -0.15) is 0 Å². The maximum Gasteiger partial charge on any atom is 0.243 e. The Labute approximate surface area is 187 Å². The Balaban J connectivity index is 1.50. The number of carbonyl (C=O) groups is 2. The van der Waals surface area contributed by atoms with Crippen LogP contribution in [0.1, 0.15) is 37.5 Å². The lowest BCUT2D eigenvalue weighted by Crippen LogP contribution is -2.47. The molecule has 4 rings (SSSR count). The van der Waals surface area contributed by atoms with Gasteiger partial charge in [-0.05, 0) is 37.6 Å². The molecule has 1 aliphatic heterocycles. The molecule has 0 unspecified atom stereocenters. The van der Waals surface area contributed by atoms with Gasteiger partial charge in [0.25, 0.3) is 0 Å². The maximum absolute atomic E-state index is 13.1. The molecule has 3 aromatic rings. The first-order chi connectivity index (χ1) is 15.4. The van der Waals surface area contributed by atoms with E-state index in [4.69, 9.17) is 9.47 Å². The summed E-state index contributed by atoms with van der Waals surface area (Å²) >= 11 is 0. The second kappa shape index (κ2) is 9.34. The highest BCUT2D eigenvalue weighted by molar-refractivity contribution is 5.89. The lowest BCUT2D eigenvalue weighted by molar-refractivity contribution is -0.128. The van der Waals surface area contributed by atoms with Crippen LogP contribution < -0.4 is 20.1 Å². The fourth-order valence-electron chi connectivity index (χ4n) is 4.19. The number of carbonyl (C=O) groups excluding carboxylic acids is 2. The Morgan fingerprint density at radius 3 is 2.84 bits per heavy atom. The summed E-state index contributed by atoms with van der Waals surface area (Å²) in [6.07, 6.45) is 3.25. The Hall–Kier alpha value is -3.48. The van der Waals surface area contributed by atoms with Crippen molar-refractivity contribution in [1.29, 1.82) is 0 Å². The molecule has 7 nitrogen and oxygen atoms in total. The van der Waals surface area contributed by atoms with Crippen molar-refractivity contribution < 1.29 is 19.1 Å². The Kier molecular flexibility index (Phi) is 6.35. The van der Waals surface area contributed by atoms with Crippen LogP contribution in [0.25, 0.3) is 10.9 Å². The highest BCUT2D eigenvalue weighted by atomic mass is 16.5. The number of para-hydroxylation sites is 1. The number of benzene rings is 2. The molecule has 1 aromatic heterocycles. The number of hydrogen-bond acceptors (Lipinski definition) is 4. The zero-order valence-corrected chi connectivity index (χ0v) is 18.7. The first-order valence-corrected chi connectivity index (χ1v) is 11.0. The van der Waals surface area contributed by atoms with Crippen molar-refractivity contribution in [2.45, 2.75) is 52.3 Å². The predicted molar refractivity (Wildman–Crippen MR) is 123 cm³/mol. The summed E-state index contributed by atoms with van der Waals surface area (Å²) in [4.78, 5) is 28.1. The fraction of sp³-hybridized carbons (Fsp3) is 0.360. The first kappa shape index (κ1) is 21.7. The minimum absolute atomic E-state index is 0.129. The molecule has 7 heteroatoms. The van der Waals surface area contributed by atoms with Crippen molar-refractivity contribution in [3.05, 3.63) is 59.3 Å². The van der Waals surface area contributed by atoms with Crippen LogP contribution in [0.5, 0.6) is 11.5 Å². The molecule has 0 saturated carbocycles. The summed E-state index contributed by atoms with van der Waals surface area (Å²) in [7, 11) is 0. The standard InChI is InChI=1S/C25H29N3O4/c1-4-31-23-11-17-9-15(2)32-24(17)12-19(23)14-27-25(30)22(28-16(3)29)10-18-13-26-21-8-6-5-7-20(18)21/h5-8,11-13,15,22,26H,4,9-10,14H2,1-3H3,(H,27,30)(H,28,29)/t15-,22+/m1/s1. The topological polar surface area (TPSA) is 92.5 Å². The van der Waals surface area contributed by atoms with Crippen LogP contribution in [0.2, 0.25) is 0 Å². The zero-order chi connectivity index (χ0) is 22.7. The molecule has 2 aromatic carbocycles. The first-order valence-electron chi connectivity index (χ1n) is 11.0. The van der Waals surface area contributed by atoms with Crippen molar-refractivity contribution in [3.63, 3.8) is 0 Å². The van der Waals surface area contributed by atoms with E-state index in [0.29, 0.717) is 13.0 Å². The zero-order valence-electron chi connectivity index (χ0n) is 18.7. The number of rotatable bonds is 8. The third-order valence-corrected chi connectivity index (χ3v) is 5.63. The van der Waals surface area contributed by atoms with Gasteiger partial charge in [-0.15, -0.1) is 0 Å². The van der Waals surface area contributed by atoms with Gasteiger partial charge in [0, 0.05) is 54.5 Å². The average molecular weight is 436 g/mol. The van der Waals surface area contributed by atoms with E-state index in [1.807, 2.05) is 56.4 Å². The van der Waals surface area contributed by atoms with Crippen molar-refractivity contribution in [2.24, 2.45) is 0 Å². The molecule has 0 radical (unpaired) electrons. The van der Waals surface area contributed by atoms with Gasteiger partial charge in [-0.3, -0.25) is 9.59 Å². The van der Waals surface area contributed by atoms with Crippen LogP contribution in [0.4, 0.5) is 0 Å². The van der Waals surface area contributed by atoms with E-state index < -0.39 is 6.04 Å². The Morgan fingerprint density at radius 2 is 2.06 bits per heavy atom. The van der Waals surface area contributed by atoms with Crippen molar-refractivity contribution in [3.8, 4) is 11.5 Å². The fourth-order valence-corrected chi connectivity index (χ4v) is 4.19. The number of aromatic nitrogens is 1. The third kappa shape index (κ3) is 4.72. The minimum Gasteiger partial charge on any atom is -0.494 e. The molecule has 0 saturated heterocycles. The third-order valence-electron chi connectivity index (χ3n) is 5.63. The monoisotopic (exact) mass is 435 g/mol. The van der Waals surface area contributed by atoms with Crippen molar-refractivity contribution in [2.75, 3.05) is 6.61 Å². The molecule has 0 aliphatic carbocycles. The van der Waals surface area contributed by atoms with E-state index in [-0.39, 0.29) is 24.5 Å². The van der Waals surface area contributed by atoms with Gasteiger partial charge >= 0.3 is 0 Å². The quantitative estimate of drug-likeness (QED) is 0.506. The van der Waals surface area contributed by atoms with Gasteiger partial charge in [0.2, 0.25) is 11.8 Å². The van der Waals surface area contributed by atoms with Crippen LogP contribution in [0.3, 0.4) is 0 Å². The second-order valence-corrected chi connectivity index (χ2v) is 8.17. The SMILES string of the molecule is CCOc1cc2c(cc1CNC(=O)[C@H](Cc1c[nH]c3ccccc13)NC(C)=O)O[C@H](C)C2. The number of amides is 2. The van der Waals surface area contributed by atoms with Gasteiger partial charge < -0.3 is 25.1 Å². The number of nitrogens with one attached hydrogen (secondary N) is 3. The van der Waals surface area contributed by atoms with Crippen molar-refractivity contribution in [1.82, 2.24) is 15.6 Å². The van der Waals surface area contributed by atoms with E-state index >= 15 is 0 Å². The molecule has 2 heterocycles. The minimum atomic E-state index is -0.687. The summed E-state index contributed by atoms with van der Waals surface area (Å²) < 4.78 is 11.7. The average Bonchev–Trinajstić information content (AvgIpc) is 3.33. The molecule has 2 amide bonds. The van der Waals surface area contributed by atoms with Crippen LogP contribution in [-0.2, 0) is 29.0 Å². The van der Waals surface area contributed by atoms with Gasteiger partial charge in [0.1, 0.15) is 23.6 Å². The Bertz CT molecular complexity index is 1140. The molecule has 2 atom stereocenters. The maximum atomic E-state index is 13.1. The number of ether oxygens (including phenoxy) is 2. The van der Waals surface area contributed by atoms with Crippen LogP contribution in [0, 0.1) is 0 Å². The highest BCUT2D eigenvalue weighted by Crippen LogP contribution is 2.35. The molecule has 168 valence electrons. The van der Waals surface area contributed by atoms with E-state index in [0.717, 1.165) is 45.5 Å². The van der Waals surface area contributed by atoms with E-state index in [9.17, 15) is 9.59 Å². The van der Waals surface area contributed by atoms with Crippen LogP contribution >= 0.6 is 0 Å². The van der Waals surface area contributed by atoms with Gasteiger partial charge in [-0.1, -0.05) is 18.2 Å². The molecular weight excluding hydrogens is 406 g/mol. The van der Waals surface area contributed by atoms with Gasteiger partial charge in [0.05, 0.1) is 6.61 Å².